The summed E-state index contributed by atoms with van der Waals surface area (Å²) in [5.74, 6) is -0.214. The Morgan fingerprint density at radius 2 is 2.00 bits per heavy atom. The van der Waals surface area contributed by atoms with Gasteiger partial charge in [0.2, 0.25) is 11.8 Å². The van der Waals surface area contributed by atoms with E-state index in [-0.39, 0.29) is 17.7 Å². The zero-order valence-corrected chi connectivity index (χ0v) is 14.2. The summed E-state index contributed by atoms with van der Waals surface area (Å²) in [6.07, 6.45) is 0.643. The Morgan fingerprint density at radius 1 is 1.35 bits per heavy atom. The molecule has 3 atom stereocenters. The highest BCUT2D eigenvalue weighted by molar-refractivity contribution is 6.02. The molecule has 1 aromatic carbocycles. The molecule has 0 spiro atoms. The number of fused-ring (bicyclic) bond motifs is 4. The zero-order valence-electron chi connectivity index (χ0n) is 14.2. The molecule has 0 aliphatic carbocycles. The van der Waals surface area contributed by atoms with Crippen LogP contribution in [0.15, 0.2) is 24.3 Å². The highest BCUT2D eigenvalue weighted by Crippen LogP contribution is 2.49. The van der Waals surface area contributed by atoms with E-state index in [0.29, 0.717) is 19.5 Å². The molecule has 0 N–H and O–H groups in total. The van der Waals surface area contributed by atoms with E-state index in [1.807, 2.05) is 45.0 Å². The molecule has 0 unspecified atom stereocenters. The Morgan fingerprint density at radius 3 is 2.65 bits per heavy atom. The average molecular weight is 316 g/mol. The summed E-state index contributed by atoms with van der Waals surface area (Å²) in [6, 6.07) is 7.75. The summed E-state index contributed by atoms with van der Waals surface area (Å²) in [5, 5.41) is 0. The van der Waals surface area contributed by atoms with Gasteiger partial charge in [0.05, 0.1) is 0 Å². The third kappa shape index (κ3) is 2.30. The number of rotatable bonds is 3. The predicted molar refractivity (Wildman–Crippen MR) is 87.0 cm³/mol. The van der Waals surface area contributed by atoms with Crippen molar-refractivity contribution in [3.8, 4) is 5.75 Å². The molecule has 2 aliphatic heterocycles. The minimum atomic E-state index is -0.684. The number of amides is 2. The van der Waals surface area contributed by atoms with Crippen LogP contribution in [0.25, 0.3) is 0 Å². The third-order valence-electron chi connectivity index (χ3n) is 5.30. The number of likely N-dealkylation sites (tertiary alicyclic amines) is 1. The molecule has 0 radical (unpaired) electrons. The van der Waals surface area contributed by atoms with Crippen LogP contribution < -0.4 is 4.74 Å². The number of carbonyl (C=O) groups is 2. The van der Waals surface area contributed by atoms with Gasteiger partial charge in [-0.1, -0.05) is 18.2 Å². The van der Waals surface area contributed by atoms with E-state index >= 15 is 0 Å². The van der Waals surface area contributed by atoms with Gasteiger partial charge in [0, 0.05) is 32.5 Å². The Kier molecular flexibility index (Phi) is 3.82. The van der Waals surface area contributed by atoms with Gasteiger partial charge in [-0.25, -0.2) is 0 Å². The molecule has 2 bridgehead atoms. The molecule has 2 heterocycles. The van der Waals surface area contributed by atoms with Gasteiger partial charge in [0.1, 0.15) is 11.7 Å². The number of para-hydroxylation sites is 1. The van der Waals surface area contributed by atoms with E-state index in [2.05, 4.69) is 0 Å². The maximum absolute atomic E-state index is 13.0. The van der Waals surface area contributed by atoms with Crippen molar-refractivity contribution >= 4 is 11.8 Å². The first-order valence-electron chi connectivity index (χ1n) is 8.27. The van der Waals surface area contributed by atoms with Crippen LogP contribution in [0.3, 0.4) is 0 Å². The van der Waals surface area contributed by atoms with Gasteiger partial charge in [-0.15, -0.1) is 0 Å². The van der Waals surface area contributed by atoms with Gasteiger partial charge < -0.3 is 14.5 Å². The van der Waals surface area contributed by atoms with Crippen molar-refractivity contribution in [3.63, 3.8) is 0 Å². The number of benzene rings is 1. The number of hydrogen-bond acceptors (Lipinski definition) is 3. The predicted octanol–water partition coefficient (Wildman–Crippen LogP) is 2.23. The van der Waals surface area contributed by atoms with Crippen molar-refractivity contribution in [2.75, 3.05) is 20.1 Å². The lowest BCUT2D eigenvalue weighted by Gasteiger charge is -2.52. The molecule has 23 heavy (non-hydrogen) atoms. The standard InChI is InChI=1S/C18H24N2O3/c1-5-20(6-2)17(22)15-13-11-18(3,19(4)16(15)21)23-14-10-8-7-9-12(13)14/h7-10,13,15H,5-6,11H2,1-4H3/t13-,15+,18-/m1/s1. The molecule has 5 heteroatoms. The van der Waals surface area contributed by atoms with E-state index < -0.39 is 11.6 Å². The smallest absolute Gasteiger partial charge is 0.238 e. The lowest BCUT2D eigenvalue weighted by atomic mass is 9.73. The first-order chi connectivity index (χ1) is 10.9. The Bertz CT molecular complexity index is 641. The van der Waals surface area contributed by atoms with Crippen LogP contribution in [0, 0.1) is 5.92 Å². The lowest BCUT2D eigenvalue weighted by Crippen LogP contribution is -2.63. The maximum Gasteiger partial charge on any atom is 0.238 e. The minimum absolute atomic E-state index is 0.0735. The second kappa shape index (κ2) is 5.55. The topological polar surface area (TPSA) is 49.9 Å². The van der Waals surface area contributed by atoms with Crippen molar-refractivity contribution in [1.29, 1.82) is 0 Å². The van der Waals surface area contributed by atoms with Gasteiger partial charge in [-0.3, -0.25) is 9.59 Å². The third-order valence-corrected chi connectivity index (χ3v) is 5.30. The normalized spacial score (nSPS) is 28.9. The van der Waals surface area contributed by atoms with Crippen molar-refractivity contribution in [2.24, 2.45) is 5.92 Å². The van der Waals surface area contributed by atoms with E-state index in [1.54, 1.807) is 16.8 Å². The number of nitrogens with zero attached hydrogens (tertiary/aromatic N) is 2. The molecule has 2 amide bonds. The summed E-state index contributed by atoms with van der Waals surface area (Å²) >= 11 is 0. The molecule has 0 saturated carbocycles. The van der Waals surface area contributed by atoms with E-state index in [4.69, 9.17) is 4.74 Å². The first-order valence-corrected chi connectivity index (χ1v) is 8.27. The second-order valence-corrected chi connectivity index (χ2v) is 6.51. The highest BCUT2D eigenvalue weighted by Gasteiger charge is 2.55. The van der Waals surface area contributed by atoms with Crippen LogP contribution in [0.2, 0.25) is 0 Å². The summed E-state index contributed by atoms with van der Waals surface area (Å²) in [6.45, 7) is 7.04. The Hall–Kier alpha value is -2.04. The largest absolute Gasteiger partial charge is 0.468 e. The number of carbonyl (C=O) groups excluding carboxylic acids is 2. The minimum Gasteiger partial charge on any atom is -0.468 e. The van der Waals surface area contributed by atoms with Crippen LogP contribution in [0.1, 0.15) is 38.7 Å². The van der Waals surface area contributed by atoms with E-state index in [9.17, 15) is 9.59 Å². The highest BCUT2D eigenvalue weighted by atomic mass is 16.5. The van der Waals surface area contributed by atoms with Crippen LogP contribution in [0.5, 0.6) is 5.75 Å². The molecular weight excluding hydrogens is 292 g/mol. The second-order valence-electron chi connectivity index (χ2n) is 6.51. The van der Waals surface area contributed by atoms with Crippen molar-refractivity contribution < 1.29 is 14.3 Å². The summed E-state index contributed by atoms with van der Waals surface area (Å²) in [7, 11) is 1.73. The van der Waals surface area contributed by atoms with Gasteiger partial charge in [-0.05, 0) is 32.4 Å². The summed E-state index contributed by atoms with van der Waals surface area (Å²) in [5.41, 5.74) is 0.285. The zero-order chi connectivity index (χ0) is 16.8. The first kappa shape index (κ1) is 15.8. The molecule has 1 aromatic rings. The van der Waals surface area contributed by atoms with Crippen molar-refractivity contribution in [1.82, 2.24) is 9.80 Å². The molecule has 3 rings (SSSR count). The SMILES string of the molecule is CCN(CC)C(=O)[C@@H]1C(=O)N(C)[C@@]2(C)C[C@@H]1c1ccccc1O2. The number of piperidine rings is 1. The fourth-order valence-corrected chi connectivity index (χ4v) is 3.80. The van der Waals surface area contributed by atoms with E-state index in [0.717, 1.165) is 11.3 Å². The molecule has 1 fully saturated rings. The molecule has 124 valence electrons. The van der Waals surface area contributed by atoms with Crippen molar-refractivity contribution in [2.45, 2.75) is 38.8 Å². The van der Waals surface area contributed by atoms with Crippen LogP contribution in [-0.2, 0) is 9.59 Å². The van der Waals surface area contributed by atoms with Crippen LogP contribution in [0.4, 0.5) is 0 Å². The molecule has 2 aliphatic rings. The average Bonchev–Trinajstić information content (AvgIpc) is 2.54. The molecule has 0 aromatic heterocycles. The van der Waals surface area contributed by atoms with Gasteiger partial charge in [-0.2, -0.15) is 0 Å². The Balaban J connectivity index is 2.08. The fourth-order valence-electron chi connectivity index (χ4n) is 3.80. The summed E-state index contributed by atoms with van der Waals surface area (Å²) < 4.78 is 6.09. The fraction of sp³-hybridized carbons (Fsp3) is 0.556. The molecular formula is C18H24N2O3. The maximum atomic E-state index is 13.0. The van der Waals surface area contributed by atoms with Gasteiger partial charge in [0.25, 0.3) is 0 Å². The lowest BCUT2D eigenvalue weighted by molar-refractivity contribution is -0.174. The summed E-state index contributed by atoms with van der Waals surface area (Å²) in [4.78, 5) is 29.2. The van der Waals surface area contributed by atoms with E-state index in [1.165, 1.54) is 0 Å². The van der Waals surface area contributed by atoms with Gasteiger partial charge in [0.15, 0.2) is 5.72 Å². The molecule has 5 nitrogen and oxygen atoms in total. The van der Waals surface area contributed by atoms with Gasteiger partial charge >= 0.3 is 0 Å². The van der Waals surface area contributed by atoms with Crippen LogP contribution >= 0.6 is 0 Å². The number of ether oxygens (including phenoxy) is 1. The molecule has 1 saturated heterocycles. The number of hydrogen-bond donors (Lipinski definition) is 0. The quantitative estimate of drug-likeness (QED) is 0.804. The monoisotopic (exact) mass is 316 g/mol. The Labute approximate surface area is 137 Å². The van der Waals surface area contributed by atoms with Crippen LogP contribution in [-0.4, -0.2) is 47.5 Å². The van der Waals surface area contributed by atoms with Crippen molar-refractivity contribution in [3.05, 3.63) is 29.8 Å².